The van der Waals surface area contributed by atoms with Crippen LogP contribution >= 0.6 is 11.6 Å². The van der Waals surface area contributed by atoms with E-state index in [1.165, 1.54) is 19.2 Å². The van der Waals surface area contributed by atoms with E-state index in [9.17, 15) is 4.79 Å². The smallest absolute Gasteiger partial charge is 0.272 e. The number of carbonyl (C=O) groups excluding carboxylic acids is 1. The monoisotopic (exact) mass is 399 g/mol. The van der Waals surface area contributed by atoms with Crippen LogP contribution in [0.25, 0.3) is 0 Å². The molecule has 1 aromatic carbocycles. The molecule has 7 heteroatoms. The topological polar surface area (TPSA) is 52.6 Å². The first kappa shape index (κ1) is 19.0. The Bertz CT molecular complexity index is 837. The van der Waals surface area contributed by atoms with Crippen molar-refractivity contribution in [3.63, 3.8) is 0 Å². The lowest BCUT2D eigenvalue weighted by molar-refractivity contribution is 0.0740. The zero-order valence-corrected chi connectivity index (χ0v) is 17.0. The van der Waals surface area contributed by atoms with E-state index < -0.39 is 0 Å². The lowest BCUT2D eigenvalue weighted by atomic mass is 10.0. The highest BCUT2D eigenvalue weighted by Gasteiger charge is 2.25. The predicted octanol–water partition coefficient (Wildman–Crippen LogP) is 3.33. The molecule has 1 amide bonds. The van der Waals surface area contributed by atoms with Crippen LogP contribution in [0, 0.1) is 5.92 Å². The van der Waals surface area contributed by atoms with Gasteiger partial charge < -0.3 is 14.7 Å². The fourth-order valence-corrected chi connectivity index (χ4v) is 4.22. The number of piperazine rings is 1. The number of anilines is 2. The van der Waals surface area contributed by atoms with E-state index in [1.807, 2.05) is 29.2 Å². The lowest BCUT2D eigenvalue weighted by Crippen LogP contribution is -2.49. The number of amides is 1. The normalized spacial score (nSPS) is 20.4. The average Bonchev–Trinajstić information content (AvgIpc) is 2.73. The third kappa shape index (κ3) is 4.22. The summed E-state index contributed by atoms with van der Waals surface area (Å²) in [6.07, 6.45) is 3.94. The van der Waals surface area contributed by atoms with Crippen molar-refractivity contribution in [2.75, 3.05) is 49.1 Å². The van der Waals surface area contributed by atoms with Crippen LogP contribution in [-0.4, -0.2) is 60.0 Å². The van der Waals surface area contributed by atoms with Gasteiger partial charge in [-0.2, -0.15) is 0 Å². The summed E-state index contributed by atoms with van der Waals surface area (Å²) in [6.45, 7) is 7.16. The second kappa shape index (κ2) is 8.35. The fraction of sp³-hybridized carbons (Fsp3) is 0.476. The van der Waals surface area contributed by atoms with Crippen molar-refractivity contribution in [2.45, 2.75) is 19.8 Å². The maximum Gasteiger partial charge on any atom is 0.272 e. The minimum atomic E-state index is -0.0144. The number of hydrogen-bond acceptors (Lipinski definition) is 5. The molecule has 2 aromatic rings. The van der Waals surface area contributed by atoms with Gasteiger partial charge in [-0.15, -0.1) is 0 Å². The van der Waals surface area contributed by atoms with Gasteiger partial charge in [-0.05, 0) is 37.0 Å². The van der Waals surface area contributed by atoms with Crippen molar-refractivity contribution in [3.05, 3.63) is 47.4 Å². The summed E-state index contributed by atoms with van der Waals surface area (Å²) < 4.78 is 0. The van der Waals surface area contributed by atoms with E-state index in [2.05, 4.69) is 32.8 Å². The largest absolute Gasteiger partial charge is 0.368 e. The second-order valence-corrected chi connectivity index (χ2v) is 8.15. The Morgan fingerprint density at radius 3 is 2.64 bits per heavy atom. The van der Waals surface area contributed by atoms with Crippen LogP contribution < -0.4 is 9.80 Å². The molecule has 2 aliphatic heterocycles. The number of piperidine rings is 1. The van der Waals surface area contributed by atoms with E-state index in [4.69, 9.17) is 11.6 Å². The van der Waals surface area contributed by atoms with Gasteiger partial charge in [0.05, 0.1) is 0 Å². The van der Waals surface area contributed by atoms with Crippen LogP contribution in [0.3, 0.4) is 0 Å². The predicted molar refractivity (Wildman–Crippen MR) is 112 cm³/mol. The molecular weight excluding hydrogens is 374 g/mol. The van der Waals surface area contributed by atoms with Crippen molar-refractivity contribution in [1.82, 2.24) is 14.9 Å². The van der Waals surface area contributed by atoms with Crippen LogP contribution in [0.15, 0.2) is 36.7 Å². The first-order chi connectivity index (χ1) is 13.6. The molecule has 4 rings (SSSR count). The van der Waals surface area contributed by atoms with Crippen molar-refractivity contribution in [2.24, 2.45) is 5.92 Å². The van der Waals surface area contributed by atoms with Crippen molar-refractivity contribution in [3.8, 4) is 0 Å². The van der Waals surface area contributed by atoms with Crippen molar-refractivity contribution < 1.29 is 4.79 Å². The molecule has 0 bridgehead atoms. The quantitative estimate of drug-likeness (QED) is 0.792. The van der Waals surface area contributed by atoms with Gasteiger partial charge in [-0.25, -0.2) is 9.97 Å². The van der Waals surface area contributed by atoms with Crippen LogP contribution in [0.1, 0.15) is 30.3 Å². The Morgan fingerprint density at radius 1 is 1.07 bits per heavy atom. The Hall–Kier alpha value is -2.34. The summed E-state index contributed by atoms with van der Waals surface area (Å²) >= 11 is 6.10. The van der Waals surface area contributed by atoms with Crippen LogP contribution in [0.5, 0.6) is 0 Å². The molecule has 6 nitrogen and oxygen atoms in total. The van der Waals surface area contributed by atoms with Crippen LogP contribution in [0.2, 0.25) is 5.02 Å². The number of aromatic nitrogens is 2. The van der Waals surface area contributed by atoms with Crippen LogP contribution in [0.4, 0.5) is 11.5 Å². The van der Waals surface area contributed by atoms with Gasteiger partial charge in [-0.1, -0.05) is 24.6 Å². The molecule has 0 saturated carbocycles. The molecule has 0 spiro atoms. The summed E-state index contributed by atoms with van der Waals surface area (Å²) in [6, 6.07) is 9.71. The standard InChI is InChI=1S/C21H26ClN5O/c1-16-4-3-7-27(14-16)20-13-19(23-15-24-20)21(28)26-10-8-25(9-11-26)18-6-2-5-17(22)12-18/h2,5-6,12-13,15-16H,3-4,7-11,14H2,1H3. The molecular formula is C21H26ClN5O. The summed E-state index contributed by atoms with van der Waals surface area (Å²) in [5.41, 5.74) is 1.59. The molecule has 3 heterocycles. The SMILES string of the molecule is CC1CCCN(c2cc(C(=O)N3CCN(c4cccc(Cl)c4)CC3)ncn2)C1. The van der Waals surface area contributed by atoms with Gasteiger partial charge in [0.25, 0.3) is 5.91 Å². The molecule has 0 N–H and O–H groups in total. The molecule has 0 radical (unpaired) electrons. The van der Waals surface area contributed by atoms with Crippen LogP contribution in [-0.2, 0) is 0 Å². The molecule has 2 fully saturated rings. The number of rotatable bonds is 3. The summed E-state index contributed by atoms with van der Waals surface area (Å²) in [4.78, 5) is 28.0. The molecule has 148 valence electrons. The molecule has 1 unspecified atom stereocenters. The number of halogens is 1. The zero-order chi connectivity index (χ0) is 19.5. The maximum absolute atomic E-state index is 13.0. The van der Waals surface area contributed by atoms with E-state index >= 15 is 0 Å². The van der Waals surface area contributed by atoms with Gasteiger partial charge in [0, 0.05) is 56.0 Å². The Morgan fingerprint density at radius 2 is 1.89 bits per heavy atom. The van der Waals surface area contributed by atoms with Gasteiger partial charge in [0.15, 0.2) is 0 Å². The van der Waals surface area contributed by atoms with E-state index in [0.29, 0.717) is 24.7 Å². The number of benzene rings is 1. The van der Waals surface area contributed by atoms with Crippen molar-refractivity contribution in [1.29, 1.82) is 0 Å². The molecule has 28 heavy (non-hydrogen) atoms. The minimum Gasteiger partial charge on any atom is -0.368 e. The van der Waals surface area contributed by atoms with Gasteiger partial charge >= 0.3 is 0 Å². The number of carbonyl (C=O) groups is 1. The Balaban J connectivity index is 1.41. The molecule has 2 saturated heterocycles. The van der Waals surface area contributed by atoms with E-state index in [1.54, 1.807) is 0 Å². The maximum atomic E-state index is 13.0. The third-order valence-electron chi connectivity index (χ3n) is 5.59. The van der Waals surface area contributed by atoms with Crippen molar-refractivity contribution >= 4 is 29.0 Å². The van der Waals surface area contributed by atoms with E-state index in [0.717, 1.165) is 42.7 Å². The molecule has 1 atom stereocenters. The Kier molecular flexibility index (Phi) is 5.67. The summed E-state index contributed by atoms with van der Waals surface area (Å²) in [7, 11) is 0. The number of nitrogens with zero attached hydrogens (tertiary/aromatic N) is 5. The molecule has 0 aliphatic carbocycles. The lowest BCUT2D eigenvalue weighted by Gasteiger charge is -2.36. The highest BCUT2D eigenvalue weighted by Crippen LogP contribution is 2.23. The fourth-order valence-electron chi connectivity index (χ4n) is 4.04. The summed E-state index contributed by atoms with van der Waals surface area (Å²) in [5, 5.41) is 0.733. The third-order valence-corrected chi connectivity index (χ3v) is 5.83. The zero-order valence-electron chi connectivity index (χ0n) is 16.2. The summed E-state index contributed by atoms with van der Waals surface area (Å²) in [5.74, 6) is 1.50. The minimum absolute atomic E-state index is 0.0144. The first-order valence-corrected chi connectivity index (χ1v) is 10.3. The number of hydrogen-bond donors (Lipinski definition) is 0. The van der Waals surface area contributed by atoms with Gasteiger partial charge in [0.2, 0.25) is 0 Å². The second-order valence-electron chi connectivity index (χ2n) is 7.71. The average molecular weight is 400 g/mol. The first-order valence-electron chi connectivity index (χ1n) is 9.97. The molecule has 1 aromatic heterocycles. The molecule has 2 aliphatic rings. The van der Waals surface area contributed by atoms with E-state index in [-0.39, 0.29) is 5.91 Å². The van der Waals surface area contributed by atoms with Gasteiger partial charge in [0.1, 0.15) is 17.8 Å². The Labute approximate surface area is 171 Å². The highest BCUT2D eigenvalue weighted by molar-refractivity contribution is 6.30. The highest BCUT2D eigenvalue weighted by atomic mass is 35.5. The van der Waals surface area contributed by atoms with Gasteiger partial charge in [-0.3, -0.25) is 4.79 Å².